The molecule has 2 aromatic heterocycles. The lowest BCUT2D eigenvalue weighted by atomic mass is 10.0. The number of hydrogen-bond acceptors (Lipinski definition) is 7. The van der Waals surface area contributed by atoms with Crippen LogP contribution in [0.25, 0.3) is 16.6 Å². The highest BCUT2D eigenvalue weighted by Gasteiger charge is 2.22. The van der Waals surface area contributed by atoms with Gasteiger partial charge in [0.2, 0.25) is 0 Å². The van der Waals surface area contributed by atoms with Gasteiger partial charge in [-0.3, -0.25) is 0 Å². The summed E-state index contributed by atoms with van der Waals surface area (Å²) in [5, 5.41) is 9.76. The van der Waals surface area contributed by atoms with Crippen LogP contribution in [0.15, 0.2) is 91.4 Å². The molecule has 3 aromatic carbocycles. The van der Waals surface area contributed by atoms with Gasteiger partial charge in [-0.05, 0) is 48.9 Å². The van der Waals surface area contributed by atoms with E-state index in [1.165, 1.54) is 10.8 Å². The molecule has 5 rings (SSSR count). The molecule has 5 aromatic rings. The van der Waals surface area contributed by atoms with Gasteiger partial charge >= 0.3 is 12.0 Å². The van der Waals surface area contributed by atoms with Crippen molar-refractivity contribution in [2.45, 2.75) is 6.92 Å². The van der Waals surface area contributed by atoms with Crippen LogP contribution in [-0.2, 0) is 4.74 Å². The van der Waals surface area contributed by atoms with E-state index < -0.39 is 12.0 Å². The van der Waals surface area contributed by atoms with Crippen LogP contribution in [0.5, 0.6) is 11.5 Å². The van der Waals surface area contributed by atoms with Gasteiger partial charge in [0, 0.05) is 29.2 Å². The molecule has 0 spiro atoms. The first kappa shape index (κ1) is 24.3. The van der Waals surface area contributed by atoms with Crippen molar-refractivity contribution in [1.82, 2.24) is 14.6 Å². The van der Waals surface area contributed by atoms with E-state index in [1.54, 1.807) is 55.6 Å². The highest BCUT2D eigenvalue weighted by Crippen LogP contribution is 2.33. The number of ether oxygens (including phenoxy) is 2. The van der Waals surface area contributed by atoms with Gasteiger partial charge in [0.25, 0.3) is 0 Å². The van der Waals surface area contributed by atoms with Crippen molar-refractivity contribution in [2.75, 3.05) is 23.0 Å². The summed E-state index contributed by atoms with van der Waals surface area (Å²) in [5.74, 6) is 1.03. The number of esters is 1. The van der Waals surface area contributed by atoms with E-state index in [9.17, 15) is 9.59 Å². The van der Waals surface area contributed by atoms with Crippen molar-refractivity contribution in [1.29, 1.82) is 0 Å². The maximum atomic E-state index is 12.6. The number of amides is 2. The smallest absolute Gasteiger partial charge is 0.340 e. The lowest BCUT2D eigenvalue weighted by molar-refractivity contribution is 0.0527. The van der Waals surface area contributed by atoms with Gasteiger partial charge in [-0.15, -0.1) is 0 Å². The van der Waals surface area contributed by atoms with Crippen molar-refractivity contribution < 1.29 is 19.1 Å². The van der Waals surface area contributed by atoms with Crippen LogP contribution in [0, 0.1) is 0 Å². The highest BCUT2D eigenvalue weighted by atomic mass is 16.5. The van der Waals surface area contributed by atoms with Gasteiger partial charge in [-0.1, -0.05) is 36.4 Å². The Bertz CT molecular complexity index is 1600. The Labute approximate surface area is 218 Å². The van der Waals surface area contributed by atoms with E-state index in [1.807, 2.05) is 36.4 Å². The SMILES string of the molecule is CCOC(=O)c1cn2ncnc(N)c2c1-c1ccc(NC(=O)Nc2cccc(Oc3ccccc3)c2)cc1. The summed E-state index contributed by atoms with van der Waals surface area (Å²) in [6.07, 6.45) is 2.88. The molecule has 0 atom stereocenters. The van der Waals surface area contributed by atoms with Gasteiger partial charge in [-0.2, -0.15) is 5.10 Å². The van der Waals surface area contributed by atoms with E-state index in [-0.39, 0.29) is 12.4 Å². The number of benzene rings is 3. The van der Waals surface area contributed by atoms with Gasteiger partial charge in [0.1, 0.15) is 23.3 Å². The summed E-state index contributed by atoms with van der Waals surface area (Å²) in [6.45, 7) is 1.96. The molecule has 0 aliphatic heterocycles. The fourth-order valence-corrected chi connectivity index (χ4v) is 3.97. The number of aromatic nitrogens is 3. The molecule has 0 fully saturated rings. The van der Waals surface area contributed by atoms with Gasteiger partial charge in [-0.25, -0.2) is 19.1 Å². The molecule has 0 unspecified atom stereocenters. The Morgan fingerprint density at radius 1 is 0.921 bits per heavy atom. The maximum absolute atomic E-state index is 12.6. The second-order valence-corrected chi connectivity index (χ2v) is 8.18. The second kappa shape index (κ2) is 10.7. The van der Waals surface area contributed by atoms with Crippen molar-refractivity contribution in [3.05, 3.63) is 97.0 Å². The average molecular weight is 509 g/mol. The number of hydrogen-bond donors (Lipinski definition) is 3. The predicted octanol–water partition coefficient (Wildman–Crippen LogP) is 5.59. The Balaban J connectivity index is 1.32. The van der Waals surface area contributed by atoms with Crippen molar-refractivity contribution in [3.8, 4) is 22.6 Å². The van der Waals surface area contributed by atoms with Crippen molar-refractivity contribution in [2.24, 2.45) is 0 Å². The number of nitrogens with one attached hydrogen (secondary N) is 2. The van der Waals surface area contributed by atoms with Crippen LogP contribution in [0.1, 0.15) is 17.3 Å². The Hall–Kier alpha value is -5.38. The summed E-state index contributed by atoms with van der Waals surface area (Å²) in [5.41, 5.74) is 9.27. The maximum Gasteiger partial charge on any atom is 0.340 e. The van der Waals surface area contributed by atoms with Crippen LogP contribution < -0.4 is 21.1 Å². The van der Waals surface area contributed by atoms with E-state index in [4.69, 9.17) is 15.2 Å². The molecule has 0 aliphatic rings. The molecule has 2 amide bonds. The fraction of sp³-hybridized carbons (Fsp3) is 0.0714. The minimum absolute atomic E-state index is 0.227. The Morgan fingerprint density at radius 3 is 2.42 bits per heavy atom. The highest BCUT2D eigenvalue weighted by molar-refractivity contribution is 6.05. The first-order chi connectivity index (χ1) is 18.5. The minimum Gasteiger partial charge on any atom is -0.462 e. The number of nitrogen functional groups attached to an aromatic ring is 1. The van der Waals surface area contributed by atoms with Crippen LogP contribution >= 0.6 is 0 Å². The first-order valence-corrected chi connectivity index (χ1v) is 11.8. The average Bonchev–Trinajstić information content (AvgIpc) is 3.31. The predicted molar refractivity (Wildman–Crippen MR) is 144 cm³/mol. The van der Waals surface area contributed by atoms with Crippen molar-refractivity contribution >= 4 is 34.7 Å². The molecular weight excluding hydrogens is 484 g/mol. The van der Waals surface area contributed by atoms with Gasteiger partial charge in [0.15, 0.2) is 5.82 Å². The fourth-order valence-electron chi connectivity index (χ4n) is 3.97. The summed E-state index contributed by atoms with van der Waals surface area (Å²) >= 11 is 0. The molecule has 0 bridgehead atoms. The Kier molecular flexibility index (Phi) is 6.85. The largest absolute Gasteiger partial charge is 0.462 e. The summed E-state index contributed by atoms with van der Waals surface area (Å²) in [4.78, 5) is 29.3. The van der Waals surface area contributed by atoms with Crippen LogP contribution in [0.2, 0.25) is 0 Å². The molecule has 2 heterocycles. The number of para-hydroxylation sites is 1. The molecule has 38 heavy (non-hydrogen) atoms. The van der Waals surface area contributed by atoms with E-state index in [0.29, 0.717) is 45.1 Å². The molecule has 190 valence electrons. The number of fused-ring (bicyclic) bond motifs is 1. The number of nitrogens with two attached hydrogens (primary N) is 1. The monoisotopic (exact) mass is 508 g/mol. The molecule has 10 nitrogen and oxygen atoms in total. The minimum atomic E-state index is -0.493. The van der Waals surface area contributed by atoms with E-state index in [2.05, 4.69) is 20.7 Å². The normalized spacial score (nSPS) is 10.7. The molecule has 0 saturated carbocycles. The van der Waals surface area contributed by atoms with Crippen LogP contribution in [0.3, 0.4) is 0 Å². The third-order valence-electron chi connectivity index (χ3n) is 5.60. The zero-order valence-electron chi connectivity index (χ0n) is 20.4. The number of carbonyl (C=O) groups excluding carboxylic acids is 2. The third kappa shape index (κ3) is 5.24. The zero-order valence-corrected chi connectivity index (χ0v) is 20.4. The summed E-state index contributed by atoms with van der Waals surface area (Å²) in [6, 6.07) is 23.1. The number of nitrogens with zero attached hydrogens (tertiary/aromatic N) is 3. The van der Waals surface area contributed by atoms with Crippen LogP contribution in [-0.4, -0.2) is 33.2 Å². The molecule has 0 saturated heterocycles. The lowest BCUT2D eigenvalue weighted by Gasteiger charge is -2.11. The molecule has 0 aliphatic carbocycles. The zero-order chi connectivity index (χ0) is 26.5. The lowest BCUT2D eigenvalue weighted by Crippen LogP contribution is -2.19. The van der Waals surface area contributed by atoms with Crippen LogP contribution in [0.4, 0.5) is 22.0 Å². The van der Waals surface area contributed by atoms with Gasteiger partial charge < -0.3 is 25.8 Å². The number of carbonyl (C=O) groups is 2. The first-order valence-electron chi connectivity index (χ1n) is 11.8. The topological polar surface area (TPSA) is 133 Å². The standard InChI is InChI=1S/C28H24N6O4/c1-2-37-27(35)23-16-34-25(26(29)30-17-31-34)24(23)18-11-13-19(14-12-18)32-28(36)33-20-7-6-10-22(15-20)38-21-8-4-3-5-9-21/h3-17H,2H2,1H3,(H2,29,30,31)(H2,32,33,36). The summed E-state index contributed by atoms with van der Waals surface area (Å²) < 4.78 is 12.5. The summed E-state index contributed by atoms with van der Waals surface area (Å²) in [7, 11) is 0. The quantitative estimate of drug-likeness (QED) is 0.244. The molecule has 0 radical (unpaired) electrons. The van der Waals surface area contributed by atoms with E-state index >= 15 is 0 Å². The molecule has 4 N–H and O–H groups in total. The van der Waals surface area contributed by atoms with Gasteiger partial charge in [0.05, 0.1) is 12.2 Å². The Morgan fingerprint density at radius 2 is 1.66 bits per heavy atom. The van der Waals surface area contributed by atoms with E-state index in [0.717, 1.165) is 0 Å². The molecular formula is C28H24N6O4. The number of urea groups is 1. The second-order valence-electron chi connectivity index (χ2n) is 8.18. The number of rotatable bonds is 7. The van der Waals surface area contributed by atoms with Crippen molar-refractivity contribution in [3.63, 3.8) is 0 Å². The third-order valence-corrected chi connectivity index (χ3v) is 5.60. The number of anilines is 3. The molecule has 10 heteroatoms.